The molecule has 9 heteroatoms. The predicted molar refractivity (Wildman–Crippen MR) is 122 cm³/mol. The Morgan fingerprint density at radius 2 is 1.75 bits per heavy atom. The fraction of sp³-hybridized carbons (Fsp3) is 0.0870. The van der Waals surface area contributed by atoms with Crippen LogP contribution in [0.25, 0.3) is 22.3 Å². The number of rotatable bonds is 6. The van der Waals surface area contributed by atoms with Gasteiger partial charge in [0.15, 0.2) is 5.82 Å². The summed E-state index contributed by atoms with van der Waals surface area (Å²) in [4.78, 5) is 21.2. The van der Waals surface area contributed by atoms with Gasteiger partial charge in [-0.1, -0.05) is 41.9 Å². The molecular weight excluding hydrogens is 436 g/mol. The molecule has 1 aromatic heterocycles. The fourth-order valence-corrected chi connectivity index (χ4v) is 3.23. The summed E-state index contributed by atoms with van der Waals surface area (Å²) in [6, 6.07) is 17.2. The standard InChI is InChI=1S/C23H18ClF2N5O/c24-15-6-8-17-20(12-15)29-21(14-4-2-1-3-5-14)31-22(17)27-10-11-28-23(32)30-19-9-7-16(25)13-18(19)26/h1-9,12-13H,10-11H2,(H,27,29,31)(H2,28,30,32). The van der Waals surface area contributed by atoms with Gasteiger partial charge >= 0.3 is 6.03 Å². The zero-order valence-corrected chi connectivity index (χ0v) is 17.5. The summed E-state index contributed by atoms with van der Waals surface area (Å²) >= 11 is 6.13. The summed E-state index contributed by atoms with van der Waals surface area (Å²) in [7, 11) is 0. The fourth-order valence-electron chi connectivity index (χ4n) is 3.07. The number of halogens is 3. The molecule has 0 atom stereocenters. The third-order valence-electron chi connectivity index (χ3n) is 4.57. The summed E-state index contributed by atoms with van der Waals surface area (Å²) in [6.07, 6.45) is 0. The molecule has 6 nitrogen and oxygen atoms in total. The summed E-state index contributed by atoms with van der Waals surface area (Å²) in [5, 5.41) is 9.49. The van der Waals surface area contributed by atoms with Gasteiger partial charge in [-0.2, -0.15) is 0 Å². The van der Waals surface area contributed by atoms with Crippen LogP contribution in [-0.2, 0) is 0 Å². The van der Waals surface area contributed by atoms with Crippen LogP contribution in [0, 0.1) is 11.6 Å². The van der Waals surface area contributed by atoms with Gasteiger partial charge in [-0.3, -0.25) is 0 Å². The SMILES string of the molecule is O=C(NCCNc1nc(-c2ccccc2)nc2cc(Cl)ccc12)Nc1ccc(F)cc1F. The highest BCUT2D eigenvalue weighted by molar-refractivity contribution is 6.31. The Morgan fingerprint density at radius 3 is 2.53 bits per heavy atom. The highest BCUT2D eigenvalue weighted by Gasteiger charge is 2.11. The zero-order chi connectivity index (χ0) is 22.5. The zero-order valence-electron chi connectivity index (χ0n) is 16.7. The Bertz CT molecular complexity index is 1270. The molecule has 0 radical (unpaired) electrons. The third-order valence-corrected chi connectivity index (χ3v) is 4.81. The number of carbonyl (C=O) groups excluding carboxylic acids is 1. The second-order valence-electron chi connectivity index (χ2n) is 6.86. The van der Waals surface area contributed by atoms with Crippen molar-refractivity contribution in [1.29, 1.82) is 0 Å². The van der Waals surface area contributed by atoms with Gasteiger partial charge in [0.2, 0.25) is 0 Å². The molecule has 0 bridgehead atoms. The molecule has 0 unspecified atom stereocenters. The van der Waals surface area contributed by atoms with Crippen molar-refractivity contribution in [2.24, 2.45) is 0 Å². The molecule has 4 rings (SSSR count). The number of hydrogen-bond donors (Lipinski definition) is 3. The lowest BCUT2D eigenvalue weighted by Crippen LogP contribution is -2.33. The van der Waals surface area contributed by atoms with Gasteiger partial charge in [0, 0.05) is 35.1 Å². The van der Waals surface area contributed by atoms with E-state index >= 15 is 0 Å². The summed E-state index contributed by atoms with van der Waals surface area (Å²) in [5.41, 5.74) is 1.44. The Morgan fingerprint density at radius 1 is 0.938 bits per heavy atom. The molecular formula is C23H18ClF2N5O. The minimum Gasteiger partial charge on any atom is -0.368 e. The molecule has 32 heavy (non-hydrogen) atoms. The van der Waals surface area contributed by atoms with Gasteiger partial charge in [-0.15, -0.1) is 0 Å². The van der Waals surface area contributed by atoms with Crippen molar-refractivity contribution in [2.75, 3.05) is 23.7 Å². The van der Waals surface area contributed by atoms with Crippen molar-refractivity contribution in [3.05, 3.63) is 83.4 Å². The van der Waals surface area contributed by atoms with Gasteiger partial charge < -0.3 is 16.0 Å². The van der Waals surface area contributed by atoms with Gasteiger partial charge in [-0.05, 0) is 30.3 Å². The number of anilines is 2. The van der Waals surface area contributed by atoms with E-state index in [1.807, 2.05) is 36.4 Å². The average molecular weight is 454 g/mol. The van der Waals surface area contributed by atoms with E-state index in [1.165, 1.54) is 0 Å². The Kier molecular flexibility index (Phi) is 6.42. The van der Waals surface area contributed by atoms with E-state index in [4.69, 9.17) is 11.6 Å². The first-order valence-corrected chi connectivity index (χ1v) is 10.1. The largest absolute Gasteiger partial charge is 0.368 e. The highest BCUT2D eigenvalue weighted by Crippen LogP contribution is 2.27. The van der Waals surface area contributed by atoms with Crippen molar-refractivity contribution in [1.82, 2.24) is 15.3 Å². The second-order valence-corrected chi connectivity index (χ2v) is 7.29. The average Bonchev–Trinajstić information content (AvgIpc) is 2.78. The number of aromatic nitrogens is 2. The maximum atomic E-state index is 13.7. The highest BCUT2D eigenvalue weighted by atomic mass is 35.5. The van der Waals surface area contributed by atoms with Gasteiger partial charge in [-0.25, -0.2) is 23.5 Å². The van der Waals surface area contributed by atoms with E-state index < -0.39 is 17.7 Å². The van der Waals surface area contributed by atoms with Gasteiger partial charge in [0.1, 0.15) is 17.5 Å². The lowest BCUT2D eigenvalue weighted by molar-refractivity contribution is 0.252. The molecule has 0 saturated carbocycles. The van der Waals surface area contributed by atoms with Crippen LogP contribution in [0.2, 0.25) is 5.02 Å². The van der Waals surface area contributed by atoms with Gasteiger partial charge in [0.25, 0.3) is 0 Å². The van der Waals surface area contributed by atoms with Crippen LogP contribution < -0.4 is 16.0 Å². The molecule has 0 aliphatic rings. The first kappa shape index (κ1) is 21.5. The first-order chi connectivity index (χ1) is 15.5. The van der Waals surface area contributed by atoms with Crippen molar-refractivity contribution in [3.8, 4) is 11.4 Å². The number of fused-ring (bicyclic) bond motifs is 1. The van der Waals surface area contributed by atoms with Gasteiger partial charge in [0.05, 0.1) is 11.2 Å². The Labute approximate surface area is 187 Å². The molecule has 0 fully saturated rings. The second kappa shape index (κ2) is 9.57. The van der Waals surface area contributed by atoms with Crippen LogP contribution in [0.5, 0.6) is 0 Å². The number of hydrogen-bond acceptors (Lipinski definition) is 4. The summed E-state index contributed by atoms with van der Waals surface area (Å²) < 4.78 is 26.6. The molecule has 3 aromatic carbocycles. The summed E-state index contributed by atoms with van der Waals surface area (Å²) in [5.74, 6) is -0.429. The normalized spacial score (nSPS) is 10.7. The Balaban J connectivity index is 1.44. The molecule has 0 saturated heterocycles. The quantitative estimate of drug-likeness (QED) is 0.339. The predicted octanol–water partition coefficient (Wildman–Crippen LogP) is 5.46. The van der Waals surface area contributed by atoms with Crippen LogP contribution in [0.15, 0.2) is 66.7 Å². The molecule has 162 valence electrons. The molecule has 3 N–H and O–H groups in total. The number of benzene rings is 3. The van der Waals surface area contributed by atoms with Crippen LogP contribution in [0.3, 0.4) is 0 Å². The van der Waals surface area contributed by atoms with E-state index in [0.717, 1.165) is 23.1 Å². The number of amides is 2. The smallest absolute Gasteiger partial charge is 0.319 e. The molecule has 1 heterocycles. The van der Waals surface area contributed by atoms with E-state index in [9.17, 15) is 13.6 Å². The van der Waals surface area contributed by atoms with Crippen LogP contribution in [0.4, 0.5) is 25.1 Å². The lowest BCUT2D eigenvalue weighted by Gasteiger charge is -2.12. The topological polar surface area (TPSA) is 78.9 Å². The molecule has 4 aromatic rings. The van der Waals surface area contributed by atoms with Crippen molar-refractivity contribution < 1.29 is 13.6 Å². The van der Waals surface area contributed by atoms with E-state index in [2.05, 4.69) is 25.9 Å². The number of nitrogens with zero attached hydrogens (tertiary/aromatic N) is 2. The van der Waals surface area contributed by atoms with Crippen LogP contribution >= 0.6 is 11.6 Å². The van der Waals surface area contributed by atoms with Crippen molar-refractivity contribution in [2.45, 2.75) is 0 Å². The van der Waals surface area contributed by atoms with Crippen molar-refractivity contribution in [3.63, 3.8) is 0 Å². The van der Waals surface area contributed by atoms with E-state index in [-0.39, 0.29) is 12.2 Å². The van der Waals surface area contributed by atoms with Crippen LogP contribution in [0.1, 0.15) is 0 Å². The maximum Gasteiger partial charge on any atom is 0.319 e. The summed E-state index contributed by atoms with van der Waals surface area (Å²) in [6.45, 7) is 0.580. The van der Waals surface area contributed by atoms with Crippen LogP contribution in [-0.4, -0.2) is 29.1 Å². The molecule has 0 aliphatic heterocycles. The minimum atomic E-state index is -0.849. The molecule has 0 aliphatic carbocycles. The monoisotopic (exact) mass is 453 g/mol. The van der Waals surface area contributed by atoms with Crippen molar-refractivity contribution >= 4 is 40.0 Å². The third kappa shape index (κ3) is 5.09. The molecule has 0 spiro atoms. The maximum absolute atomic E-state index is 13.7. The molecule has 2 amide bonds. The number of urea groups is 1. The number of nitrogens with one attached hydrogen (secondary N) is 3. The first-order valence-electron chi connectivity index (χ1n) is 9.76. The minimum absolute atomic E-state index is 0.108. The van der Waals surface area contributed by atoms with E-state index in [0.29, 0.717) is 34.8 Å². The Hall–Kier alpha value is -3.78. The number of carbonyl (C=O) groups is 1. The lowest BCUT2D eigenvalue weighted by atomic mass is 10.2. The van der Waals surface area contributed by atoms with E-state index in [1.54, 1.807) is 12.1 Å².